The molecule has 4 aromatic rings. The smallest absolute Gasteiger partial charge is 0.338 e. The molecular formula is C29H32N4O5. The molecule has 2 aliphatic rings. The molecule has 0 fully saturated rings. The number of oxime groups is 2. The molecule has 9 nitrogen and oxygen atoms in total. The third-order valence-electron chi connectivity index (χ3n) is 7.28. The number of carbonyl (C=O) groups is 1. The summed E-state index contributed by atoms with van der Waals surface area (Å²) in [6.45, 7) is 2.15. The molecule has 0 atom stereocenters. The van der Waals surface area contributed by atoms with Gasteiger partial charge in [0.05, 0.1) is 30.7 Å². The van der Waals surface area contributed by atoms with Crippen LogP contribution in [0.5, 0.6) is 5.75 Å². The van der Waals surface area contributed by atoms with Crippen LogP contribution in [0.1, 0.15) is 71.9 Å². The highest BCUT2D eigenvalue weighted by atomic mass is 16.5. The van der Waals surface area contributed by atoms with Crippen molar-refractivity contribution in [3.63, 3.8) is 0 Å². The van der Waals surface area contributed by atoms with E-state index < -0.39 is 0 Å². The number of esters is 1. The topological polar surface area (TPSA) is 132 Å². The Labute approximate surface area is 220 Å². The second-order valence-corrected chi connectivity index (χ2v) is 9.50. The van der Waals surface area contributed by atoms with Gasteiger partial charge < -0.3 is 29.9 Å². The zero-order chi connectivity index (χ0) is 26.6. The van der Waals surface area contributed by atoms with Crippen molar-refractivity contribution in [2.24, 2.45) is 10.3 Å². The molecule has 4 N–H and O–H groups in total. The number of carbonyl (C=O) groups excluding carboxylic acids is 1. The fraction of sp³-hybridized carbons (Fsp3) is 0.345. The molecule has 2 aliphatic carbocycles. The van der Waals surface area contributed by atoms with Gasteiger partial charge in [-0.3, -0.25) is 0 Å². The van der Waals surface area contributed by atoms with E-state index in [0.29, 0.717) is 17.9 Å². The zero-order valence-corrected chi connectivity index (χ0v) is 21.6. The summed E-state index contributed by atoms with van der Waals surface area (Å²) in [4.78, 5) is 18.4. The minimum absolute atomic E-state index is 0.309. The number of aromatic nitrogens is 2. The molecular weight excluding hydrogens is 484 g/mol. The molecule has 0 bridgehead atoms. The summed E-state index contributed by atoms with van der Waals surface area (Å²) in [6.07, 6.45) is 6.66. The number of nitrogens with one attached hydrogen (secondary N) is 2. The van der Waals surface area contributed by atoms with Gasteiger partial charge in [-0.25, -0.2) is 4.79 Å². The number of hydrogen-bond acceptors (Lipinski definition) is 7. The first-order valence-corrected chi connectivity index (χ1v) is 13.0. The van der Waals surface area contributed by atoms with Gasteiger partial charge in [-0.15, -0.1) is 0 Å². The van der Waals surface area contributed by atoms with E-state index in [-0.39, 0.29) is 5.97 Å². The van der Waals surface area contributed by atoms with E-state index in [2.05, 4.69) is 20.3 Å². The monoisotopic (exact) mass is 516 g/mol. The van der Waals surface area contributed by atoms with Gasteiger partial charge in [0.2, 0.25) is 0 Å². The summed E-state index contributed by atoms with van der Waals surface area (Å²) in [5.74, 6) is 0.548. The van der Waals surface area contributed by atoms with Gasteiger partial charge in [0.15, 0.2) is 0 Å². The lowest BCUT2D eigenvalue weighted by Gasteiger charge is -2.12. The summed E-state index contributed by atoms with van der Waals surface area (Å²) in [7, 11) is 1.67. The quantitative estimate of drug-likeness (QED) is 0.116. The van der Waals surface area contributed by atoms with E-state index in [4.69, 9.17) is 19.9 Å². The zero-order valence-electron chi connectivity index (χ0n) is 21.6. The first-order chi connectivity index (χ1) is 18.6. The lowest BCUT2D eigenvalue weighted by Crippen LogP contribution is -2.11. The van der Waals surface area contributed by atoms with Gasteiger partial charge in [-0.05, 0) is 99.4 Å². The maximum absolute atomic E-state index is 11.8. The normalized spacial score (nSPS) is 17.0. The van der Waals surface area contributed by atoms with Gasteiger partial charge in [0.1, 0.15) is 17.2 Å². The van der Waals surface area contributed by atoms with Crippen LogP contribution in [-0.2, 0) is 17.6 Å². The Morgan fingerprint density at radius 1 is 0.842 bits per heavy atom. The van der Waals surface area contributed by atoms with Gasteiger partial charge >= 0.3 is 5.97 Å². The third-order valence-corrected chi connectivity index (χ3v) is 7.28. The number of hydrogen-bond donors (Lipinski definition) is 4. The average Bonchev–Trinajstić information content (AvgIpc) is 3.43. The van der Waals surface area contributed by atoms with Crippen LogP contribution in [0.15, 0.2) is 46.7 Å². The van der Waals surface area contributed by atoms with Crippen molar-refractivity contribution >= 4 is 39.2 Å². The maximum atomic E-state index is 11.8. The standard InChI is InChI=1S/C15H16N2O3.C14H16N2O2/c1-2-20-15(18)9-6-7-12-11(8-9)10-4-3-5-13(17-19)14(10)16-12;1-18-9-6-7-12-11(8-9)10-4-2-3-5-13(16-17)14(10)15-12/h6-8,16,19H,2-5H2,1H3;6-8,15,17H,2-5H2,1H3. The minimum Gasteiger partial charge on any atom is -0.497 e. The van der Waals surface area contributed by atoms with Crippen molar-refractivity contribution in [2.75, 3.05) is 13.7 Å². The molecule has 38 heavy (non-hydrogen) atoms. The summed E-state index contributed by atoms with van der Waals surface area (Å²) in [5, 5.41) is 27.2. The Hall–Kier alpha value is -4.27. The molecule has 0 saturated carbocycles. The molecule has 2 aromatic carbocycles. The highest BCUT2D eigenvalue weighted by Gasteiger charge is 2.22. The molecule has 0 saturated heterocycles. The van der Waals surface area contributed by atoms with E-state index in [0.717, 1.165) is 89.8 Å². The van der Waals surface area contributed by atoms with Crippen LogP contribution in [-0.4, -0.2) is 51.5 Å². The van der Waals surface area contributed by atoms with Crippen molar-refractivity contribution in [3.05, 3.63) is 64.5 Å². The number of rotatable bonds is 3. The van der Waals surface area contributed by atoms with Crippen molar-refractivity contribution in [1.82, 2.24) is 9.97 Å². The summed E-state index contributed by atoms with van der Waals surface area (Å²) in [6, 6.07) is 11.5. The Bertz CT molecular complexity index is 1550. The number of methoxy groups -OCH3 is 1. The van der Waals surface area contributed by atoms with E-state index >= 15 is 0 Å². The average molecular weight is 517 g/mol. The van der Waals surface area contributed by atoms with E-state index in [9.17, 15) is 4.79 Å². The van der Waals surface area contributed by atoms with Crippen molar-refractivity contribution in [3.8, 4) is 5.75 Å². The molecule has 0 radical (unpaired) electrons. The first kappa shape index (κ1) is 25.4. The second-order valence-electron chi connectivity index (χ2n) is 9.50. The Morgan fingerprint density at radius 3 is 2.05 bits per heavy atom. The number of nitrogens with zero attached hydrogens (tertiary/aromatic N) is 2. The maximum Gasteiger partial charge on any atom is 0.338 e. The molecule has 6 rings (SSSR count). The van der Waals surface area contributed by atoms with Crippen LogP contribution in [0.2, 0.25) is 0 Å². The number of H-pyrrole nitrogens is 2. The first-order valence-electron chi connectivity index (χ1n) is 13.0. The van der Waals surface area contributed by atoms with Crippen LogP contribution in [0.4, 0.5) is 0 Å². The van der Waals surface area contributed by atoms with Crippen molar-refractivity contribution < 1.29 is 24.7 Å². The fourth-order valence-electron chi connectivity index (χ4n) is 5.43. The number of fused-ring (bicyclic) bond motifs is 6. The molecule has 0 spiro atoms. The van der Waals surface area contributed by atoms with Crippen LogP contribution in [0, 0.1) is 0 Å². The Balaban J connectivity index is 0.000000156. The largest absolute Gasteiger partial charge is 0.497 e. The fourth-order valence-corrected chi connectivity index (χ4v) is 5.43. The van der Waals surface area contributed by atoms with Crippen LogP contribution >= 0.6 is 0 Å². The highest BCUT2D eigenvalue weighted by Crippen LogP contribution is 2.32. The van der Waals surface area contributed by atoms with Crippen molar-refractivity contribution in [2.45, 2.75) is 51.9 Å². The predicted molar refractivity (Wildman–Crippen MR) is 146 cm³/mol. The van der Waals surface area contributed by atoms with Crippen LogP contribution in [0.3, 0.4) is 0 Å². The summed E-state index contributed by atoms with van der Waals surface area (Å²) in [5.41, 5.74) is 8.24. The van der Waals surface area contributed by atoms with Crippen molar-refractivity contribution in [1.29, 1.82) is 0 Å². The highest BCUT2D eigenvalue weighted by molar-refractivity contribution is 6.07. The van der Waals surface area contributed by atoms with Gasteiger partial charge in [-0.2, -0.15) is 0 Å². The minimum atomic E-state index is -0.309. The number of aromatic amines is 2. The molecule has 0 amide bonds. The number of benzene rings is 2. The van der Waals surface area contributed by atoms with E-state index in [1.165, 1.54) is 10.9 Å². The predicted octanol–water partition coefficient (Wildman–Crippen LogP) is 5.94. The molecule has 2 heterocycles. The van der Waals surface area contributed by atoms with Gasteiger partial charge in [-0.1, -0.05) is 10.3 Å². The molecule has 0 aliphatic heterocycles. The summed E-state index contributed by atoms with van der Waals surface area (Å²) >= 11 is 0. The lowest BCUT2D eigenvalue weighted by atomic mass is 9.93. The van der Waals surface area contributed by atoms with Crippen LogP contribution < -0.4 is 4.74 Å². The Kier molecular flexibility index (Phi) is 7.35. The summed E-state index contributed by atoms with van der Waals surface area (Å²) < 4.78 is 10.3. The SMILES string of the molecule is CCOC(=O)c1ccc2[nH]c3c(c2c1)CCCC3=NO.COc1ccc2[nH]c3c(c2c1)CCCCC3=NO. The second kappa shape index (κ2) is 11.0. The molecule has 9 heteroatoms. The van der Waals surface area contributed by atoms with E-state index in [1.54, 1.807) is 20.1 Å². The Morgan fingerprint density at radius 2 is 1.42 bits per heavy atom. The molecule has 0 unspecified atom stereocenters. The number of aryl methyl sites for hydroxylation is 2. The van der Waals surface area contributed by atoms with E-state index in [1.807, 2.05) is 30.3 Å². The lowest BCUT2D eigenvalue weighted by molar-refractivity contribution is 0.0526. The molecule has 2 aromatic heterocycles. The van der Waals surface area contributed by atoms with Gasteiger partial charge in [0, 0.05) is 21.8 Å². The number of ether oxygens (including phenoxy) is 2. The van der Waals surface area contributed by atoms with Gasteiger partial charge in [0.25, 0.3) is 0 Å². The van der Waals surface area contributed by atoms with Crippen LogP contribution in [0.25, 0.3) is 21.8 Å². The molecule has 198 valence electrons. The third kappa shape index (κ3) is 4.71.